The number of imidazole rings is 1. The van der Waals surface area contributed by atoms with Crippen molar-refractivity contribution in [1.82, 2.24) is 9.55 Å². The number of halogens is 1. The highest BCUT2D eigenvalue weighted by Crippen LogP contribution is 2.26. The second-order valence-corrected chi connectivity index (χ2v) is 6.25. The van der Waals surface area contributed by atoms with Crippen LogP contribution in [0, 0.1) is 20.8 Å². The van der Waals surface area contributed by atoms with Gasteiger partial charge in [0.05, 0.1) is 17.6 Å². The number of aryl methyl sites for hydroxylation is 4. The number of benzene rings is 2. The number of rotatable bonds is 5. The zero-order chi connectivity index (χ0) is 16.4. The molecule has 0 fully saturated rings. The molecule has 0 saturated carbocycles. The Morgan fingerprint density at radius 1 is 1.09 bits per heavy atom. The van der Waals surface area contributed by atoms with E-state index in [-0.39, 0.29) is 0 Å². The summed E-state index contributed by atoms with van der Waals surface area (Å²) in [6, 6.07) is 12.2. The molecule has 4 heteroatoms. The Bertz CT molecular complexity index is 815. The van der Waals surface area contributed by atoms with Crippen LogP contribution in [-0.4, -0.2) is 16.2 Å². The van der Waals surface area contributed by atoms with E-state index in [9.17, 15) is 0 Å². The van der Waals surface area contributed by atoms with Crippen molar-refractivity contribution >= 4 is 22.6 Å². The maximum atomic E-state index is 6.19. The molecule has 0 spiro atoms. The van der Waals surface area contributed by atoms with Crippen LogP contribution in [0.5, 0.6) is 5.75 Å². The third kappa shape index (κ3) is 3.35. The van der Waals surface area contributed by atoms with Crippen LogP contribution in [0.15, 0.2) is 36.4 Å². The van der Waals surface area contributed by atoms with E-state index in [4.69, 9.17) is 16.3 Å². The molecule has 1 heterocycles. The van der Waals surface area contributed by atoms with Gasteiger partial charge in [0, 0.05) is 11.6 Å². The summed E-state index contributed by atoms with van der Waals surface area (Å²) in [6.45, 7) is 7.63. The summed E-state index contributed by atoms with van der Waals surface area (Å²) in [7, 11) is 0. The number of hydrogen-bond donors (Lipinski definition) is 0. The van der Waals surface area contributed by atoms with Crippen molar-refractivity contribution in [2.24, 2.45) is 0 Å². The first-order chi connectivity index (χ1) is 11.1. The van der Waals surface area contributed by atoms with Crippen molar-refractivity contribution in [3.05, 3.63) is 58.4 Å². The highest BCUT2D eigenvalue weighted by Gasteiger charge is 2.07. The molecule has 0 aliphatic heterocycles. The van der Waals surface area contributed by atoms with Gasteiger partial charge in [-0.2, -0.15) is 0 Å². The molecular weight excluding hydrogens is 308 g/mol. The average Bonchev–Trinajstić information content (AvgIpc) is 2.84. The molecule has 0 unspecified atom stereocenters. The number of nitrogens with zero attached hydrogens (tertiary/aromatic N) is 2. The summed E-state index contributed by atoms with van der Waals surface area (Å²) in [5.41, 5.74) is 4.34. The summed E-state index contributed by atoms with van der Waals surface area (Å²) in [5.74, 6) is 1.93. The van der Waals surface area contributed by atoms with Crippen molar-refractivity contribution in [1.29, 1.82) is 0 Å². The van der Waals surface area contributed by atoms with Gasteiger partial charge in [-0.15, -0.1) is 0 Å². The third-order valence-electron chi connectivity index (χ3n) is 4.05. The Labute approximate surface area is 141 Å². The van der Waals surface area contributed by atoms with E-state index < -0.39 is 0 Å². The van der Waals surface area contributed by atoms with E-state index in [1.807, 2.05) is 39.0 Å². The summed E-state index contributed by atoms with van der Waals surface area (Å²) in [5, 5.41) is 0.817. The van der Waals surface area contributed by atoms with Crippen LogP contribution >= 0.6 is 11.6 Å². The van der Waals surface area contributed by atoms with Crippen LogP contribution in [0.4, 0.5) is 0 Å². The van der Waals surface area contributed by atoms with Gasteiger partial charge in [0.2, 0.25) is 0 Å². The molecule has 0 aliphatic rings. The molecule has 23 heavy (non-hydrogen) atoms. The standard InChI is InChI=1S/C19H21ClN2O/c1-13-11-16(12-14(2)19(13)20)23-10-6-9-22-15(3)21-17-7-4-5-8-18(17)22/h4-5,7-8,11-12H,6,9-10H2,1-3H3. The van der Waals surface area contributed by atoms with Crippen molar-refractivity contribution < 1.29 is 4.74 Å². The highest BCUT2D eigenvalue weighted by atomic mass is 35.5. The van der Waals surface area contributed by atoms with Gasteiger partial charge in [0.15, 0.2) is 0 Å². The molecule has 0 aliphatic carbocycles. The van der Waals surface area contributed by atoms with Gasteiger partial charge < -0.3 is 9.30 Å². The maximum absolute atomic E-state index is 6.19. The van der Waals surface area contributed by atoms with E-state index in [1.54, 1.807) is 0 Å². The van der Waals surface area contributed by atoms with E-state index in [0.717, 1.165) is 46.2 Å². The zero-order valence-corrected chi connectivity index (χ0v) is 14.5. The van der Waals surface area contributed by atoms with Crippen LogP contribution < -0.4 is 4.74 Å². The first kappa shape index (κ1) is 15.9. The molecule has 3 aromatic rings. The van der Waals surface area contributed by atoms with E-state index in [2.05, 4.69) is 27.8 Å². The number of fused-ring (bicyclic) bond motifs is 1. The van der Waals surface area contributed by atoms with Crippen LogP contribution in [-0.2, 0) is 6.54 Å². The van der Waals surface area contributed by atoms with Crippen LogP contribution in [0.2, 0.25) is 5.02 Å². The van der Waals surface area contributed by atoms with Gasteiger partial charge in [-0.1, -0.05) is 23.7 Å². The normalized spacial score (nSPS) is 11.1. The van der Waals surface area contributed by atoms with Gasteiger partial charge in [-0.25, -0.2) is 4.98 Å². The summed E-state index contributed by atoms with van der Waals surface area (Å²) in [6.07, 6.45) is 0.932. The summed E-state index contributed by atoms with van der Waals surface area (Å²) < 4.78 is 8.13. The van der Waals surface area contributed by atoms with E-state index in [1.165, 1.54) is 5.52 Å². The fourth-order valence-corrected chi connectivity index (χ4v) is 2.99. The number of ether oxygens (including phenoxy) is 1. The topological polar surface area (TPSA) is 27.1 Å². The Morgan fingerprint density at radius 3 is 2.52 bits per heavy atom. The lowest BCUT2D eigenvalue weighted by atomic mass is 10.1. The van der Waals surface area contributed by atoms with Crippen LogP contribution in [0.1, 0.15) is 23.4 Å². The molecule has 120 valence electrons. The molecule has 0 saturated heterocycles. The Hall–Kier alpha value is -2.00. The number of para-hydroxylation sites is 2. The lowest BCUT2D eigenvalue weighted by molar-refractivity contribution is 0.301. The fraction of sp³-hybridized carbons (Fsp3) is 0.316. The molecule has 0 N–H and O–H groups in total. The lowest BCUT2D eigenvalue weighted by Gasteiger charge is -2.11. The summed E-state index contributed by atoms with van der Waals surface area (Å²) >= 11 is 6.19. The first-order valence-electron chi connectivity index (χ1n) is 7.87. The maximum Gasteiger partial charge on any atom is 0.119 e. The molecule has 2 aromatic carbocycles. The average molecular weight is 329 g/mol. The van der Waals surface area contributed by atoms with E-state index in [0.29, 0.717) is 6.61 Å². The minimum atomic E-state index is 0.673. The Balaban J connectivity index is 1.62. The zero-order valence-electron chi connectivity index (χ0n) is 13.8. The molecule has 3 nitrogen and oxygen atoms in total. The fourth-order valence-electron chi connectivity index (χ4n) is 2.88. The Morgan fingerprint density at radius 2 is 1.78 bits per heavy atom. The minimum Gasteiger partial charge on any atom is -0.494 e. The van der Waals surface area contributed by atoms with Gasteiger partial charge in [0.1, 0.15) is 11.6 Å². The molecule has 0 atom stereocenters. The molecular formula is C19H21ClN2O. The largest absolute Gasteiger partial charge is 0.494 e. The molecule has 0 amide bonds. The van der Waals surface area contributed by atoms with Crippen molar-refractivity contribution in [2.45, 2.75) is 33.7 Å². The van der Waals surface area contributed by atoms with Gasteiger partial charge >= 0.3 is 0 Å². The lowest BCUT2D eigenvalue weighted by Crippen LogP contribution is -2.06. The number of aromatic nitrogens is 2. The van der Waals surface area contributed by atoms with E-state index >= 15 is 0 Å². The van der Waals surface area contributed by atoms with Crippen LogP contribution in [0.3, 0.4) is 0 Å². The molecule has 1 aromatic heterocycles. The highest BCUT2D eigenvalue weighted by molar-refractivity contribution is 6.32. The van der Waals surface area contributed by atoms with Gasteiger partial charge in [0.25, 0.3) is 0 Å². The quantitative estimate of drug-likeness (QED) is 0.610. The van der Waals surface area contributed by atoms with Crippen molar-refractivity contribution in [3.63, 3.8) is 0 Å². The summed E-state index contributed by atoms with van der Waals surface area (Å²) in [4.78, 5) is 4.59. The Kier molecular flexibility index (Phi) is 4.58. The second kappa shape index (κ2) is 6.63. The predicted octanol–water partition coefficient (Wildman–Crippen LogP) is 5.08. The van der Waals surface area contributed by atoms with Crippen molar-refractivity contribution in [2.75, 3.05) is 6.61 Å². The predicted molar refractivity (Wildman–Crippen MR) is 95.5 cm³/mol. The third-order valence-corrected chi connectivity index (χ3v) is 4.65. The number of hydrogen-bond acceptors (Lipinski definition) is 2. The van der Waals surface area contributed by atoms with Gasteiger partial charge in [-0.05, 0) is 62.6 Å². The second-order valence-electron chi connectivity index (χ2n) is 5.87. The van der Waals surface area contributed by atoms with Crippen molar-refractivity contribution in [3.8, 4) is 5.75 Å². The molecule has 0 radical (unpaired) electrons. The molecule has 0 bridgehead atoms. The smallest absolute Gasteiger partial charge is 0.119 e. The monoisotopic (exact) mass is 328 g/mol. The van der Waals surface area contributed by atoms with Crippen LogP contribution in [0.25, 0.3) is 11.0 Å². The first-order valence-corrected chi connectivity index (χ1v) is 8.25. The SMILES string of the molecule is Cc1cc(OCCCn2c(C)nc3ccccc32)cc(C)c1Cl. The minimum absolute atomic E-state index is 0.673. The molecule has 3 rings (SSSR count). The van der Waals surface area contributed by atoms with Gasteiger partial charge in [-0.3, -0.25) is 0 Å².